The van der Waals surface area contributed by atoms with Crippen molar-refractivity contribution in [2.45, 2.75) is 6.54 Å². The summed E-state index contributed by atoms with van der Waals surface area (Å²) in [5.41, 5.74) is 1.95. The molecule has 1 amide bonds. The minimum Gasteiger partial charge on any atom is -0.288 e. The van der Waals surface area contributed by atoms with Gasteiger partial charge in [0.15, 0.2) is 0 Å². The highest BCUT2D eigenvalue weighted by molar-refractivity contribution is 8.26. The Morgan fingerprint density at radius 3 is 2.64 bits per heavy atom. The molecule has 0 atom stereocenters. The summed E-state index contributed by atoms with van der Waals surface area (Å²) in [7, 11) is 0. The van der Waals surface area contributed by atoms with Crippen molar-refractivity contribution in [3.8, 4) is 0 Å². The van der Waals surface area contributed by atoms with Gasteiger partial charge < -0.3 is 0 Å². The summed E-state index contributed by atoms with van der Waals surface area (Å²) in [5.74, 6) is -0.0566. The third-order valence-corrected chi connectivity index (χ3v) is 4.82. The summed E-state index contributed by atoms with van der Waals surface area (Å²) < 4.78 is 0.585. The van der Waals surface area contributed by atoms with Crippen molar-refractivity contribution in [1.82, 2.24) is 4.90 Å². The summed E-state index contributed by atoms with van der Waals surface area (Å²) in [5, 5.41) is 0.647. The number of thiocarbonyl (C=S) groups is 1. The quantitative estimate of drug-likeness (QED) is 0.592. The molecule has 0 spiro atoms. The number of carbonyl (C=O) groups excluding carboxylic acids is 1. The Labute approximate surface area is 143 Å². The Morgan fingerprint density at radius 2 is 1.91 bits per heavy atom. The molecule has 0 aromatic heterocycles. The van der Waals surface area contributed by atoms with E-state index in [0.29, 0.717) is 20.8 Å². The van der Waals surface area contributed by atoms with E-state index < -0.39 is 0 Å². The molecule has 2 aromatic rings. The maximum atomic E-state index is 12.5. The Morgan fingerprint density at radius 1 is 1.14 bits per heavy atom. The fraction of sp³-hybridized carbons (Fsp3) is 0.0588. The van der Waals surface area contributed by atoms with Gasteiger partial charge in [0.2, 0.25) is 0 Å². The number of thioether (sulfide) groups is 1. The van der Waals surface area contributed by atoms with Crippen LogP contribution in [0.15, 0.2) is 59.5 Å². The van der Waals surface area contributed by atoms with E-state index in [1.807, 2.05) is 54.6 Å². The summed E-state index contributed by atoms with van der Waals surface area (Å²) in [6.07, 6.45) is 1.83. The molecule has 1 aliphatic heterocycles. The van der Waals surface area contributed by atoms with Crippen LogP contribution in [0.3, 0.4) is 0 Å². The van der Waals surface area contributed by atoms with E-state index in [4.69, 9.17) is 23.8 Å². The second kappa shape index (κ2) is 6.65. The van der Waals surface area contributed by atoms with Crippen molar-refractivity contribution in [3.05, 3.63) is 75.7 Å². The average Bonchev–Trinajstić information content (AvgIpc) is 2.76. The van der Waals surface area contributed by atoms with Gasteiger partial charge in [-0.1, -0.05) is 78.0 Å². The maximum Gasteiger partial charge on any atom is 0.266 e. The lowest BCUT2D eigenvalue weighted by atomic mass is 10.2. The van der Waals surface area contributed by atoms with E-state index in [9.17, 15) is 4.79 Å². The van der Waals surface area contributed by atoms with Crippen LogP contribution in [0, 0.1) is 0 Å². The zero-order valence-electron chi connectivity index (χ0n) is 11.5. The van der Waals surface area contributed by atoms with Crippen molar-refractivity contribution in [1.29, 1.82) is 0 Å². The van der Waals surface area contributed by atoms with Gasteiger partial charge in [0.1, 0.15) is 4.32 Å². The molecule has 2 nitrogen and oxygen atoms in total. The normalized spacial score (nSPS) is 16.6. The van der Waals surface area contributed by atoms with Gasteiger partial charge in [-0.3, -0.25) is 9.69 Å². The van der Waals surface area contributed by atoms with Gasteiger partial charge in [0.05, 0.1) is 11.4 Å². The molecule has 5 heteroatoms. The predicted molar refractivity (Wildman–Crippen MR) is 96.6 cm³/mol. The van der Waals surface area contributed by atoms with E-state index in [2.05, 4.69) is 0 Å². The molecule has 3 rings (SSSR count). The molecule has 22 heavy (non-hydrogen) atoms. The molecular weight excluding hydrogens is 334 g/mol. The zero-order valence-corrected chi connectivity index (χ0v) is 13.9. The Bertz CT molecular complexity index is 758. The molecule has 110 valence electrons. The number of carbonyl (C=O) groups is 1. The summed E-state index contributed by atoms with van der Waals surface area (Å²) in [6.45, 7) is 0.498. The second-order valence-corrected chi connectivity index (χ2v) is 6.92. The Hall–Kier alpha value is -1.62. The lowest BCUT2D eigenvalue weighted by molar-refractivity contribution is -0.122. The molecule has 0 aliphatic carbocycles. The first-order chi connectivity index (χ1) is 10.6. The molecule has 1 saturated heterocycles. The fourth-order valence-electron chi connectivity index (χ4n) is 2.15. The van der Waals surface area contributed by atoms with Gasteiger partial charge in [0, 0.05) is 5.02 Å². The van der Waals surface area contributed by atoms with E-state index in [0.717, 1.165) is 11.1 Å². The number of halogens is 1. The standard InChI is InChI=1S/C17H12ClNOS2/c18-14-8-4-7-13(9-14)10-15-16(20)19(17(21)22-15)11-12-5-2-1-3-6-12/h1-10H,11H2/b15-10+. The smallest absolute Gasteiger partial charge is 0.266 e. The highest BCUT2D eigenvalue weighted by atomic mass is 35.5. The number of nitrogens with zero attached hydrogens (tertiary/aromatic N) is 1. The minimum atomic E-state index is -0.0566. The summed E-state index contributed by atoms with van der Waals surface area (Å²) >= 11 is 12.6. The second-order valence-electron chi connectivity index (χ2n) is 4.81. The Balaban J connectivity index is 1.82. The van der Waals surface area contributed by atoms with Crippen molar-refractivity contribution >= 4 is 51.9 Å². The highest BCUT2D eigenvalue weighted by Crippen LogP contribution is 2.33. The number of hydrogen-bond donors (Lipinski definition) is 0. The van der Waals surface area contributed by atoms with Gasteiger partial charge in [-0.2, -0.15) is 0 Å². The van der Waals surface area contributed by atoms with Gasteiger partial charge in [-0.25, -0.2) is 0 Å². The van der Waals surface area contributed by atoms with Gasteiger partial charge in [-0.15, -0.1) is 0 Å². The molecule has 0 saturated carbocycles. The number of amides is 1. The number of hydrogen-bond acceptors (Lipinski definition) is 3. The largest absolute Gasteiger partial charge is 0.288 e. The van der Waals surface area contributed by atoms with Crippen LogP contribution >= 0.6 is 35.6 Å². The monoisotopic (exact) mass is 345 g/mol. The highest BCUT2D eigenvalue weighted by Gasteiger charge is 2.31. The lowest BCUT2D eigenvalue weighted by Gasteiger charge is -2.14. The van der Waals surface area contributed by atoms with Crippen LogP contribution in [-0.4, -0.2) is 15.1 Å². The molecule has 2 aromatic carbocycles. The summed E-state index contributed by atoms with van der Waals surface area (Å²) in [4.78, 5) is 14.8. The molecular formula is C17H12ClNOS2. The van der Waals surface area contributed by atoms with Gasteiger partial charge in [-0.05, 0) is 29.3 Å². The van der Waals surface area contributed by atoms with Crippen molar-refractivity contribution in [2.24, 2.45) is 0 Å². The van der Waals surface area contributed by atoms with Crippen molar-refractivity contribution in [2.75, 3.05) is 0 Å². The molecule has 0 N–H and O–H groups in total. The minimum absolute atomic E-state index is 0.0566. The molecule has 1 aliphatic rings. The first-order valence-corrected chi connectivity index (χ1v) is 8.28. The SMILES string of the molecule is O=C1/C(=C\c2cccc(Cl)c2)SC(=S)N1Cc1ccccc1. The third-order valence-electron chi connectivity index (χ3n) is 3.20. The average molecular weight is 346 g/mol. The van der Waals surface area contributed by atoms with Crippen LogP contribution in [0.1, 0.15) is 11.1 Å². The molecule has 0 unspecified atom stereocenters. The molecule has 1 heterocycles. The van der Waals surface area contributed by atoms with Crippen LogP contribution in [-0.2, 0) is 11.3 Å². The van der Waals surface area contributed by atoms with E-state index >= 15 is 0 Å². The molecule has 0 radical (unpaired) electrons. The third kappa shape index (κ3) is 3.40. The number of rotatable bonds is 3. The first-order valence-electron chi connectivity index (χ1n) is 6.68. The topological polar surface area (TPSA) is 20.3 Å². The Kier molecular flexibility index (Phi) is 4.62. The van der Waals surface area contributed by atoms with Gasteiger partial charge in [0.25, 0.3) is 5.91 Å². The van der Waals surface area contributed by atoms with Crippen LogP contribution in [0.5, 0.6) is 0 Å². The molecule has 1 fully saturated rings. The van der Waals surface area contributed by atoms with Crippen LogP contribution in [0.2, 0.25) is 5.02 Å². The van der Waals surface area contributed by atoms with E-state index in [-0.39, 0.29) is 5.91 Å². The molecule has 0 bridgehead atoms. The van der Waals surface area contributed by atoms with Crippen LogP contribution < -0.4 is 0 Å². The zero-order chi connectivity index (χ0) is 15.5. The maximum absolute atomic E-state index is 12.5. The fourth-order valence-corrected chi connectivity index (χ4v) is 3.60. The van der Waals surface area contributed by atoms with Crippen molar-refractivity contribution in [3.63, 3.8) is 0 Å². The van der Waals surface area contributed by atoms with Gasteiger partial charge >= 0.3 is 0 Å². The first kappa shape index (κ1) is 15.3. The predicted octanol–water partition coefficient (Wildman–Crippen LogP) is 4.74. The lowest BCUT2D eigenvalue weighted by Crippen LogP contribution is -2.27. The van der Waals surface area contributed by atoms with E-state index in [1.54, 1.807) is 11.0 Å². The van der Waals surface area contributed by atoms with Crippen molar-refractivity contribution < 1.29 is 4.79 Å². The van der Waals surface area contributed by atoms with Crippen LogP contribution in [0.4, 0.5) is 0 Å². The van der Waals surface area contributed by atoms with Crippen LogP contribution in [0.25, 0.3) is 6.08 Å². The van der Waals surface area contributed by atoms with E-state index in [1.165, 1.54) is 11.8 Å². The number of benzene rings is 2. The summed E-state index contributed by atoms with van der Waals surface area (Å²) in [6, 6.07) is 17.2.